The first-order chi connectivity index (χ1) is 8.84. The van der Waals surface area contributed by atoms with E-state index in [1.807, 2.05) is 0 Å². The van der Waals surface area contributed by atoms with E-state index < -0.39 is 0 Å². The van der Waals surface area contributed by atoms with Crippen LogP contribution in [0.25, 0.3) is 0 Å². The molecule has 1 nitrogen and oxygen atoms in total. The third-order valence-corrected chi connectivity index (χ3v) is 7.12. The van der Waals surface area contributed by atoms with Gasteiger partial charge in [0.25, 0.3) is 0 Å². The van der Waals surface area contributed by atoms with Crippen molar-refractivity contribution in [1.29, 1.82) is 0 Å². The number of aliphatic hydroxyl groups is 1. The van der Waals surface area contributed by atoms with E-state index in [0.717, 1.165) is 36.0 Å². The molecular formula is C17H28O. The Morgan fingerprint density at radius 1 is 0.556 bits per heavy atom. The number of aliphatic hydroxyl groups excluding tert-OH is 1. The molecule has 4 saturated carbocycles. The maximum Gasteiger partial charge on any atom is 0.0573 e. The highest BCUT2D eigenvalue weighted by molar-refractivity contribution is 5.00. The molecule has 18 heavy (non-hydrogen) atoms. The largest absolute Gasteiger partial charge is 0.393 e. The number of hydrogen-bond donors (Lipinski definition) is 1. The van der Waals surface area contributed by atoms with Crippen molar-refractivity contribution in [2.45, 2.75) is 70.3 Å². The molecule has 4 aliphatic rings. The van der Waals surface area contributed by atoms with Gasteiger partial charge < -0.3 is 5.11 Å². The molecule has 4 fully saturated rings. The second kappa shape index (κ2) is 4.51. The summed E-state index contributed by atoms with van der Waals surface area (Å²) in [6.45, 7) is 0. The van der Waals surface area contributed by atoms with Crippen LogP contribution in [0.1, 0.15) is 64.2 Å². The average molecular weight is 248 g/mol. The van der Waals surface area contributed by atoms with Gasteiger partial charge in [0.2, 0.25) is 0 Å². The van der Waals surface area contributed by atoms with E-state index in [9.17, 15) is 5.11 Å². The highest BCUT2D eigenvalue weighted by Crippen LogP contribution is 2.57. The SMILES string of the molecule is OC1CCCC2CC[C@H]3[C@@H]4CCC[C@H]4CC[C@H]3[C@@H]12. The molecule has 0 aromatic heterocycles. The monoisotopic (exact) mass is 248 g/mol. The fraction of sp³-hybridized carbons (Fsp3) is 1.00. The third-order valence-electron chi connectivity index (χ3n) is 7.12. The first-order valence-corrected chi connectivity index (χ1v) is 8.52. The summed E-state index contributed by atoms with van der Waals surface area (Å²) < 4.78 is 0. The Hall–Kier alpha value is -0.0400. The first kappa shape index (κ1) is 11.8. The summed E-state index contributed by atoms with van der Waals surface area (Å²) in [7, 11) is 0. The van der Waals surface area contributed by atoms with E-state index in [1.54, 1.807) is 0 Å². The second-order valence-corrected chi connectivity index (χ2v) is 7.67. The fourth-order valence-electron chi connectivity index (χ4n) is 6.50. The van der Waals surface area contributed by atoms with Crippen LogP contribution in [0.4, 0.5) is 0 Å². The van der Waals surface area contributed by atoms with Gasteiger partial charge in [-0.05, 0) is 80.5 Å². The van der Waals surface area contributed by atoms with Gasteiger partial charge in [-0.3, -0.25) is 0 Å². The highest BCUT2D eigenvalue weighted by Gasteiger charge is 2.50. The number of hydrogen-bond acceptors (Lipinski definition) is 1. The molecule has 2 unspecified atom stereocenters. The highest BCUT2D eigenvalue weighted by atomic mass is 16.3. The van der Waals surface area contributed by atoms with Crippen molar-refractivity contribution in [2.24, 2.45) is 35.5 Å². The molecule has 4 aliphatic carbocycles. The normalized spacial score (nSPS) is 55.5. The molecule has 0 saturated heterocycles. The summed E-state index contributed by atoms with van der Waals surface area (Å²) in [6, 6.07) is 0. The van der Waals surface area contributed by atoms with Gasteiger partial charge in [0.05, 0.1) is 6.10 Å². The van der Waals surface area contributed by atoms with Crippen LogP contribution in [0.5, 0.6) is 0 Å². The zero-order chi connectivity index (χ0) is 12.1. The molecule has 0 amide bonds. The molecule has 4 rings (SSSR count). The molecule has 102 valence electrons. The van der Waals surface area contributed by atoms with Gasteiger partial charge in [-0.1, -0.05) is 19.3 Å². The third kappa shape index (κ3) is 1.69. The van der Waals surface area contributed by atoms with Crippen LogP contribution in [-0.4, -0.2) is 11.2 Å². The lowest BCUT2D eigenvalue weighted by atomic mass is 9.53. The average Bonchev–Trinajstić information content (AvgIpc) is 2.86. The Kier molecular flexibility index (Phi) is 2.94. The van der Waals surface area contributed by atoms with E-state index in [-0.39, 0.29) is 6.10 Å². The van der Waals surface area contributed by atoms with Crippen LogP contribution >= 0.6 is 0 Å². The van der Waals surface area contributed by atoms with E-state index in [2.05, 4.69) is 0 Å². The van der Waals surface area contributed by atoms with Crippen molar-refractivity contribution >= 4 is 0 Å². The Bertz CT molecular complexity index is 313. The summed E-state index contributed by atoms with van der Waals surface area (Å²) in [4.78, 5) is 0. The molecular weight excluding hydrogens is 220 g/mol. The second-order valence-electron chi connectivity index (χ2n) is 7.67. The van der Waals surface area contributed by atoms with E-state index in [4.69, 9.17) is 0 Å². The molecule has 0 bridgehead atoms. The van der Waals surface area contributed by atoms with E-state index >= 15 is 0 Å². The van der Waals surface area contributed by atoms with Gasteiger partial charge in [0.15, 0.2) is 0 Å². The number of rotatable bonds is 0. The summed E-state index contributed by atoms with van der Waals surface area (Å²) in [5.74, 6) is 5.60. The van der Waals surface area contributed by atoms with Gasteiger partial charge in [-0.15, -0.1) is 0 Å². The van der Waals surface area contributed by atoms with Crippen LogP contribution in [0, 0.1) is 35.5 Å². The summed E-state index contributed by atoms with van der Waals surface area (Å²) in [5, 5.41) is 10.5. The lowest BCUT2D eigenvalue weighted by Gasteiger charge is -2.53. The molecule has 0 aliphatic heterocycles. The molecule has 7 atom stereocenters. The first-order valence-electron chi connectivity index (χ1n) is 8.52. The Balaban J connectivity index is 1.58. The molecule has 0 radical (unpaired) electrons. The van der Waals surface area contributed by atoms with Crippen molar-refractivity contribution < 1.29 is 5.11 Å². The topological polar surface area (TPSA) is 20.2 Å². The minimum absolute atomic E-state index is 0.0505. The number of fused-ring (bicyclic) bond motifs is 5. The van der Waals surface area contributed by atoms with Gasteiger partial charge >= 0.3 is 0 Å². The summed E-state index contributed by atoms with van der Waals surface area (Å²) in [6.07, 6.45) is 14.2. The predicted octanol–water partition coefficient (Wildman–Crippen LogP) is 4.00. The van der Waals surface area contributed by atoms with Crippen LogP contribution in [0.15, 0.2) is 0 Å². The van der Waals surface area contributed by atoms with Gasteiger partial charge in [0, 0.05) is 0 Å². The van der Waals surface area contributed by atoms with Gasteiger partial charge in [-0.2, -0.15) is 0 Å². The predicted molar refractivity (Wildman–Crippen MR) is 73.1 cm³/mol. The Labute approximate surface area is 111 Å². The Morgan fingerprint density at radius 3 is 2.22 bits per heavy atom. The van der Waals surface area contributed by atoms with Crippen molar-refractivity contribution in [3.05, 3.63) is 0 Å². The quantitative estimate of drug-likeness (QED) is 0.687. The minimum Gasteiger partial charge on any atom is -0.393 e. The zero-order valence-electron chi connectivity index (χ0n) is 11.6. The van der Waals surface area contributed by atoms with Crippen molar-refractivity contribution in [2.75, 3.05) is 0 Å². The summed E-state index contributed by atoms with van der Waals surface area (Å²) in [5.41, 5.74) is 0. The standard InChI is InChI=1S/C17H28O/c18-16-6-2-4-12-8-9-14-13-5-1-3-11(13)7-10-15(14)17(12)16/h11-18H,1-10H2/t11-,12?,13+,14-,15+,16?,17-/m0/s1. The van der Waals surface area contributed by atoms with Gasteiger partial charge in [-0.25, -0.2) is 0 Å². The molecule has 0 aromatic rings. The molecule has 0 heterocycles. The van der Waals surface area contributed by atoms with Crippen LogP contribution in [0.3, 0.4) is 0 Å². The fourth-order valence-corrected chi connectivity index (χ4v) is 6.50. The molecule has 0 spiro atoms. The van der Waals surface area contributed by atoms with Crippen molar-refractivity contribution in [3.63, 3.8) is 0 Å². The van der Waals surface area contributed by atoms with Crippen molar-refractivity contribution in [3.8, 4) is 0 Å². The lowest BCUT2D eigenvalue weighted by Crippen LogP contribution is -2.48. The maximum atomic E-state index is 10.5. The molecule has 0 aromatic carbocycles. The molecule has 1 heteroatoms. The minimum atomic E-state index is 0.0505. The Morgan fingerprint density at radius 2 is 1.28 bits per heavy atom. The van der Waals surface area contributed by atoms with Crippen LogP contribution in [0.2, 0.25) is 0 Å². The molecule has 1 N–H and O–H groups in total. The van der Waals surface area contributed by atoms with Crippen LogP contribution < -0.4 is 0 Å². The van der Waals surface area contributed by atoms with E-state index in [0.29, 0.717) is 5.92 Å². The summed E-state index contributed by atoms with van der Waals surface area (Å²) >= 11 is 0. The smallest absolute Gasteiger partial charge is 0.0573 e. The lowest BCUT2D eigenvalue weighted by molar-refractivity contribution is -0.0813. The maximum absolute atomic E-state index is 10.5. The van der Waals surface area contributed by atoms with Crippen molar-refractivity contribution in [1.82, 2.24) is 0 Å². The zero-order valence-corrected chi connectivity index (χ0v) is 11.6. The van der Waals surface area contributed by atoms with E-state index in [1.165, 1.54) is 57.8 Å². The van der Waals surface area contributed by atoms with Gasteiger partial charge in [0.1, 0.15) is 0 Å². The van der Waals surface area contributed by atoms with Crippen LogP contribution in [-0.2, 0) is 0 Å².